The third-order valence-corrected chi connectivity index (χ3v) is 3.42. The van der Waals surface area contributed by atoms with Crippen molar-refractivity contribution in [3.63, 3.8) is 0 Å². The Morgan fingerprint density at radius 1 is 1.35 bits per heavy atom. The molecule has 4 nitrogen and oxygen atoms in total. The topological polar surface area (TPSA) is 69.4 Å². The van der Waals surface area contributed by atoms with Crippen LogP contribution in [0.4, 0.5) is 8.78 Å². The van der Waals surface area contributed by atoms with Crippen molar-refractivity contribution in [1.29, 1.82) is 0 Å². The lowest BCUT2D eigenvalue weighted by molar-refractivity contribution is 0.272. The average molecular weight is 263 g/mol. The van der Waals surface area contributed by atoms with Crippen LogP contribution in [0.25, 0.3) is 0 Å². The van der Waals surface area contributed by atoms with E-state index in [2.05, 4.69) is 0 Å². The fourth-order valence-corrected chi connectivity index (χ4v) is 2.02. The Morgan fingerprint density at radius 2 is 2.00 bits per heavy atom. The molecular formula is C10H11F2NO3S. The van der Waals surface area contributed by atoms with Crippen molar-refractivity contribution in [3.05, 3.63) is 23.8 Å². The van der Waals surface area contributed by atoms with Crippen LogP contribution < -0.4 is 9.88 Å². The third-order valence-electron chi connectivity index (χ3n) is 2.48. The first-order valence-corrected chi connectivity index (χ1v) is 6.58. The molecule has 0 spiro atoms. The summed E-state index contributed by atoms with van der Waals surface area (Å²) < 4.78 is 53.8. The van der Waals surface area contributed by atoms with Gasteiger partial charge < -0.3 is 4.74 Å². The van der Waals surface area contributed by atoms with Crippen LogP contribution in [0.3, 0.4) is 0 Å². The number of ether oxygens (including phenoxy) is 1. The van der Waals surface area contributed by atoms with Crippen LogP contribution in [0.2, 0.25) is 0 Å². The fraction of sp³-hybridized carbons (Fsp3) is 0.400. The van der Waals surface area contributed by atoms with Gasteiger partial charge in [-0.1, -0.05) is 0 Å². The molecule has 0 heterocycles. The van der Waals surface area contributed by atoms with E-state index in [9.17, 15) is 17.2 Å². The second-order valence-electron chi connectivity index (χ2n) is 3.99. The first-order valence-electron chi connectivity index (χ1n) is 5.03. The first-order chi connectivity index (χ1) is 7.89. The molecular weight excluding hydrogens is 252 g/mol. The third kappa shape index (κ3) is 2.73. The summed E-state index contributed by atoms with van der Waals surface area (Å²) in [6, 6.07) is 1.61. The number of sulfonamides is 1. The SMILES string of the molecule is NS(=O)(=O)c1ccc(F)c(F)c1OCC1CC1. The van der Waals surface area contributed by atoms with E-state index in [1.54, 1.807) is 0 Å². The number of benzene rings is 1. The maximum atomic E-state index is 13.4. The molecule has 0 saturated heterocycles. The van der Waals surface area contributed by atoms with Gasteiger partial charge in [0.15, 0.2) is 11.6 Å². The highest BCUT2D eigenvalue weighted by Gasteiger charge is 2.26. The van der Waals surface area contributed by atoms with Crippen molar-refractivity contribution in [2.24, 2.45) is 11.1 Å². The molecule has 7 heteroatoms. The summed E-state index contributed by atoms with van der Waals surface area (Å²) in [5, 5.41) is 4.90. The molecule has 0 bridgehead atoms. The fourth-order valence-electron chi connectivity index (χ4n) is 1.36. The van der Waals surface area contributed by atoms with Gasteiger partial charge in [0, 0.05) is 0 Å². The van der Waals surface area contributed by atoms with Crippen LogP contribution in [0.15, 0.2) is 17.0 Å². The van der Waals surface area contributed by atoms with Gasteiger partial charge in [-0.3, -0.25) is 0 Å². The van der Waals surface area contributed by atoms with Crippen molar-refractivity contribution >= 4 is 10.0 Å². The minimum atomic E-state index is -4.13. The zero-order valence-corrected chi connectivity index (χ0v) is 9.64. The van der Waals surface area contributed by atoms with E-state index in [4.69, 9.17) is 9.88 Å². The van der Waals surface area contributed by atoms with Gasteiger partial charge in [0.05, 0.1) is 6.61 Å². The van der Waals surface area contributed by atoms with Gasteiger partial charge in [-0.25, -0.2) is 17.9 Å². The molecule has 1 saturated carbocycles. The predicted octanol–water partition coefficient (Wildman–Crippen LogP) is 1.40. The number of rotatable bonds is 4. The van der Waals surface area contributed by atoms with E-state index in [1.165, 1.54) is 0 Å². The van der Waals surface area contributed by atoms with Crippen LogP contribution in [0, 0.1) is 17.6 Å². The van der Waals surface area contributed by atoms with Crippen molar-refractivity contribution in [1.82, 2.24) is 0 Å². The number of hydrogen-bond acceptors (Lipinski definition) is 3. The maximum Gasteiger partial charge on any atom is 0.241 e. The molecule has 1 fully saturated rings. The van der Waals surface area contributed by atoms with Crippen LogP contribution in [-0.2, 0) is 10.0 Å². The van der Waals surface area contributed by atoms with E-state index in [-0.39, 0.29) is 12.5 Å². The molecule has 0 aromatic heterocycles. The lowest BCUT2D eigenvalue weighted by Crippen LogP contribution is -2.16. The zero-order chi connectivity index (χ0) is 12.6. The lowest BCUT2D eigenvalue weighted by Gasteiger charge is -2.11. The van der Waals surface area contributed by atoms with Gasteiger partial charge in [-0.15, -0.1) is 0 Å². The Labute approximate surface area is 97.4 Å². The van der Waals surface area contributed by atoms with Gasteiger partial charge in [-0.2, -0.15) is 4.39 Å². The van der Waals surface area contributed by atoms with Crippen molar-refractivity contribution in [2.75, 3.05) is 6.61 Å². The Hall–Kier alpha value is -1.21. The molecule has 0 aliphatic heterocycles. The van der Waals surface area contributed by atoms with Crippen LogP contribution in [0.5, 0.6) is 5.75 Å². The van der Waals surface area contributed by atoms with Crippen molar-refractivity contribution in [2.45, 2.75) is 17.7 Å². The highest BCUT2D eigenvalue weighted by Crippen LogP contribution is 2.33. The zero-order valence-electron chi connectivity index (χ0n) is 8.82. The summed E-state index contributed by atoms with van der Waals surface area (Å²) in [4.78, 5) is -0.531. The summed E-state index contributed by atoms with van der Waals surface area (Å²) in [5.74, 6) is -2.83. The summed E-state index contributed by atoms with van der Waals surface area (Å²) >= 11 is 0. The Bertz CT molecular complexity index is 541. The van der Waals surface area contributed by atoms with E-state index >= 15 is 0 Å². The molecule has 0 unspecified atom stereocenters. The van der Waals surface area contributed by atoms with Crippen LogP contribution in [0.1, 0.15) is 12.8 Å². The van der Waals surface area contributed by atoms with Crippen molar-refractivity contribution < 1.29 is 21.9 Å². The summed E-state index contributed by atoms with van der Waals surface area (Å²) in [5.41, 5.74) is 0. The largest absolute Gasteiger partial charge is 0.489 e. The normalized spacial score (nSPS) is 15.9. The van der Waals surface area contributed by atoms with E-state index < -0.39 is 32.3 Å². The molecule has 2 rings (SSSR count). The Kier molecular flexibility index (Phi) is 3.05. The predicted molar refractivity (Wildman–Crippen MR) is 56.0 cm³/mol. The van der Waals surface area contributed by atoms with E-state index in [1.807, 2.05) is 0 Å². The Balaban J connectivity index is 2.39. The molecule has 17 heavy (non-hydrogen) atoms. The molecule has 1 aromatic carbocycles. The molecule has 1 aromatic rings. The molecule has 1 aliphatic rings. The minimum Gasteiger partial charge on any atom is -0.489 e. The van der Waals surface area contributed by atoms with E-state index in [0.29, 0.717) is 6.07 Å². The summed E-state index contributed by atoms with van der Waals surface area (Å²) in [7, 11) is -4.13. The number of hydrogen-bond donors (Lipinski definition) is 1. The van der Waals surface area contributed by atoms with Gasteiger partial charge >= 0.3 is 0 Å². The highest BCUT2D eigenvalue weighted by atomic mass is 32.2. The number of primary sulfonamides is 1. The molecule has 0 atom stereocenters. The standard InChI is InChI=1S/C10H11F2NO3S/c11-7-3-4-8(17(13,14)15)10(9(7)12)16-5-6-1-2-6/h3-4,6H,1-2,5H2,(H2,13,14,15). The summed E-state index contributed by atoms with van der Waals surface area (Å²) in [6.07, 6.45) is 1.89. The minimum absolute atomic E-state index is 0.170. The average Bonchev–Trinajstić information content (AvgIpc) is 3.02. The molecule has 0 amide bonds. The monoisotopic (exact) mass is 263 g/mol. The second-order valence-corrected chi connectivity index (χ2v) is 5.52. The molecule has 1 aliphatic carbocycles. The number of halogens is 2. The quantitative estimate of drug-likeness (QED) is 0.892. The Morgan fingerprint density at radius 3 is 2.53 bits per heavy atom. The highest BCUT2D eigenvalue weighted by molar-refractivity contribution is 7.89. The maximum absolute atomic E-state index is 13.4. The van der Waals surface area contributed by atoms with Gasteiger partial charge in [0.2, 0.25) is 15.8 Å². The molecule has 2 N–H and O–H groups in total. The molecule has 94 valence electrons. The van der Waals surface area contributed by atoms with Gasteiger partial charge in [0.1, 0.15) is 4.90 Å². The van der Waals surface area contributed by atoms with E-state index in [0.717, 1.165) is 18.9 Å². The lowest BCUT2D eigenvalue weighted by atomic mass is 10.3. The van der Waals surface area contributed by atoms with Crippen LogP contribution >= 0.6 is 0 Å². The van der Waals surface area contributed by atoms with Crippen molar-refractivity contribution in [3.8, 4) is 5.75 Å². The number of nitrogens with two attached hydrogens (primary N) is 1. The van der Waals surface area contributed by atoms with Gasteiger partial charge in [0.25, 0.3) is 0 Å². The summed E-state index contributed by atoms with van der Waals surface area (Å²) in [6.45, 7) is 0.170. The second kappa shape index (κ2) is 4.23. The van der Waals surface area contributed by atoms with Crippen LogP contribution in [-0.4, -0.2) is 15.0 Å². The first kappa shape index (κ1) is 12.3. The molecule has 0 radical (unpaired) electrons. The smallest absolute Gasteiger partial charge is 0.241 e. The van der Waals surface area contributed by atoms with Gasteiger partial charge in [-0.05, 0) is 30.9 Å².